The zero-order valence-electron chi connectivity index (χ0n) is 12.9. The van der Waals surface area contributed by atoms with E-state index in [1.54, 1.807) is 11.8 Å². The van der Waals surface area contributed by atoms with E-state index in [-0.39, 0.29) is 5.92 Å². The molecule has 0 radical (unpaired) electrons. The van der Waals surface area contributed by atoms with Gasteiger partial charge in [-0.15, -0.1) is 11.8 Å². The highest BCUT2D eigenvalue weighted by molar-refractivity contribution is 7.98. The van der Waals surface area contributed by atoms with Gasteiger partial charge in [0.15, 0.2) is 5.78 Å². The van der Waals surface area contributed by atoms with Crippen LogP contribution < -0.4 is 0 Å². The molecule has 1 aromatic carbocycles. The maximum Gasteiger partial charge on any atom is 0.168 e. The third-order valence-corrected chi connectivity index (χ3v) is 5.83. The molecule has 1 aromatic rings. The van der Waals surface area contributed by atoms with Gasteiger partial charge in [-0.3, -0.25) is 9.69 Å². The molecule has 1 heterocycles. The molecule has 1 saturated carbocycles. The number of rotatable bonds is 4. The molecule has 2 aliphatic rings. The molecule has 0 spiro atoms. The van der Waals surface area contributed by atoms with E-state index in [0.29, 0.717) is 5.78 Å². The predicted molar refractivity (Wildman–Crippen MR) is 89.1 cm³/mol. The lowest BCUT2D eigenvalue weighted by molar-refractivity contribution is 0.0754. The fraction of sp³-hybridized carbons (Fsp3) is 0.611. The molecule has 1 aliphatic heterocycles. The number of hydrogen-bond donors (Lipinski definition) is 0. The number of nitrogens with zero attached hydrogens (tertiary/aromatic N) is 1. The Bertz CT molecular complexity index is 496. The van der Waals surface area contributed by atoms with E-state index < -0.39 is 0 Å². The van der Waals surface area contributed by atoms with E-state index in [2.05, 4.69) is 17.2 Å². The van der Waals surface area contributed by atoms with Gasteiger partial charge < -0.3 is 0 Å². The minimum atomic E-state index is 0.202. The maximum absolute atomic E-state index is 12.9. The molecule has 3 rings (SSSR count). The first-order valence-corrected chi connectivity index (χ1v) is 9.43. The average molecular weight is 303 g/mol. The van der Waals surface area contributed by atoms with Gasteiger partial charge in [-0.05, 0) is 44.6 Å². The van der Waals surface area contributed by atoms with Crippen LogP contribution in [0.1, 0.15) is 48.9 Å². The Labute approximate surface area is 132 Å². The summed E-state index contributed by atoms with van der Waals surface area (Å²) in [5.74, 6) is 0.565. The van der Waals surface area contributed by atoms with Gasteiger partial charge in [-0.1, -0.05) is 31.0 Å². The number of likely N-dealkylation sites (tertiary alicyclic amines) is 1. The van der Waals surface area contributed by atoms with Crippen molar-refractivity contribution in [1.82, 2.24) is 4.90 Å². The SMILES string of the molecule is CSc1ccccc1C(=O)C1CCCN(C2CCCC2)C1. The highest BCUT2D eigenvalue weighted by Crippen LogP contribution is 2.30. The summed E-state index contributed by atoms with van der Waals surface area (Å²) < 4.78 is 0. The van der Waals surface area contributed by atoms with E-state index in [4.69, 9.17) is 0 Å². The fourth-order valence-electron chi connectivity index (χ4n) is 3.89. The smallest absolute Gasteiger partial charge is 0.168 e. The molecule has 2 nitrogen and oxygen atoms in total. The van der Waals surface area contributed by atoms with Crippen molar-refractivity contribution < 1.29 is 4.79 Å². The summed E-state index contributed by atoms with van der Waals surface area (Å²) in [5, 5.41) is 0. The summed E-state index contributed by atoms with van der Waals surface area (Å²) in [6, 6.07) is 8.83. The summed E-state index contributed by atoms with van der Waals surface area (Å²) in [4.78, 5) is 16.6. The summed E-state index contributed by atoms with van der Waals surface area (Å²) >= 11 is 1.68. The number of piperidine rings is 1. The number of carbonyl (C=O) groups excluding carboxylic acids is 1. The van der Waals surface area contributed by atoms with E-state index in [9.17, 15) is 4.79 Å². The van der Waals surface area contributed by atoms with E-state index in [1.807, 2.05) is 18.2 Å². The third kappa shape index (κ3) is 3.35. The van der Waals surface area contributed by atoms with Gasteiger partial charge in [-0.25, -0.2) is 0 Å². The Balaban J connectivity index is 1.71. The molecule has 1 saturated heterocycles. The lowest BCUT2D eigenvalue weighted by Gasteiger charge is -2.36. The van der Waals surface area contributed by atoms with Gasteiger partial charge in [0.05, 0.1) is 0 Å². The maximum atomic E-state index is 12.9. The minimum absolute atomic E-state index is 0.202. The van der Waals surface area contributed by atoms with Crippen LogP contribution in [0.25, 0.3) is 0 Å². The number of hydrogen-bond acceptors (Lipinski definition) is 3. The fourth-order valence-corrected chi connectivity index (χ4v) is 4.49. The lowest BCUT2D eigenvalue weighted by Crippen LogP contribution is -2.43. The molecule has 0 aromatic heterocycles. The van der Waals surface area contributed by atoms with Crippen molar-refractivity contribution in [2.75, 3.05) is 19.3 Å². The van der Waals surface area contributed by atoms with Crippen LogP contribution in [0.2, 0.25) is 0 Å². The van der Waals surface area contributed by atoms with Crippen LogP contribution >= 0.6 is 11.8 Å². The number of Topliss-reactive ketones (excluding diaryl/α,β-unsaturated/α-hetero) is 1. The Morgan fingerprint density at radius 3 is 2.67 bits per heavy atom. The normalized spacial score (nSPS) is 24.3. The van der Waals surface area contributed by atoms with Crippen molar-refractivity contribution in [3.8, 4) is 0 Å². The number of carbonyl (C=O) groups is 1. The zero-order chi connectivity index (χ0) is 14.7. The van der Waals surface area contributed by atoms with Crippen LogP contribution in [0, 0.1) is 5.92 Å². The largest absolute Gasteiger partial charge is 0.300 e. The van der Waals surface area contributed by atoms with E-state index >= 15 is 0 Å². The summed E-state index contributed by atoms with van der Waals surface area (Å²) in [7, 11) is 0. The highest BCUT2D eigenvalue weighted by atomic mass is 32.2. The first-order chi connectivity index (χ1) is 10.3. The van der Waals surface area contributed by atoms with Crippen molar-refractivity contribution in [1.29, 1.82) is 0 Å². The molecular formula is C18H25NOS. The summed E-state index contributed by atoms with van der Waals surface area (Å²) in [6.45, 7) is 2.17. The van der Waals surface area contributed by atoms with E-state index in [0.717, 1.165) is 29.5 Å². The van der Waals surface area contributed by atoms with Gasteiger partial charge in [0.1, 0.15) is 0 Å². The number of ketones is 1. The predicted octanol–water partition coefficient (Wildman–Crippen LogP) is 4.25. The molecule has 0 bridgehead atoms. The van der Waals surface area contributed by atoms with Crippen molar-refractivity contribution >= 4 is 17.5 Å². The van der Waals surface area contributed by atoms with Crippen LogP contribution in [0.4, 0.5) is 0 Å². The Morgan fingerprint density at radius 2 is 1.90 bits per heavy atom. The molecule has 21 heavy (non-hydrogen) atoms. The standard InChI is InChI=1S/C18H25NOS/c1-21-17-11-5-4-10-16(17)18(20)14-7-6-12-19(13-14)15-8-2-3-9-15/h4-5,10-11,14-15H,2-3,6-9,12-13H2,1H3. The quantitative estimate of drug-likeness (QED) is 0.613. The zero-order valence-corrected chi connectivity index (χ0v) is 13.7. The van der Waals surface area contributed by atoms with E-state index in [1.165, 1.54) is 38.6 Å². The topological polar surface area (TPSA) is 20.3 Å². The van der Waals surface area contributed by atoms with Crippen molar-refractivity contribution in [2.24, 2.45) is 5.92 Å². The lowest BCUT2D eigenvalue weighted by atomic mass is 9.89. The number of benzene rings is 1. The van der Waals surface area contributed by atoms with Crippen molar-refractivity contribution in [3.05, 3.63) is 29.8 Å². The second kappa shape index (κ2) is 6.97. The molecule has 1 atom stereocenters. The number of thioether (sulfide) groups is 1. The van der Waals surface area contributed by atoms with Crippen LogP contribution in [0.15, 0.2) is 29.2 Å². The van der Waals surface area contributed by atoms with Crippen LogP contribution in [0.3, 0.4) is 0 Å². The molecular weight excluding hydrogens is 278 g/mol. The van der Waals surface area contributed by atoms with Crippen LogP contribution in [-0.2, 0) is 0 Å². The first kappa shape index (κ1) is 15.1. The molecule has 1 unspecified atom stereocenters. The molecule has 0 N–H and O–H groups in total. The summed E-state index contributed by atoms with van der Waals surface area (Å²) in [6.07, 6.45) is 9.70. The van der Waals surface area contributed by atoms with Crippen molar-refractivity contribution in [2.45, 2.75) is 49.5 Å². The Kier molecular flexibility index (Phi) is 5.02. The van der Waals surface area contributed by atoms with Crippen molar-refractivity contribution in [3.63, 3.8) is 0 Å². The first-order valence-electron chi connectivity index (χ1n) is 8.21. The molecule has 2 fully saturated rings. The van der Waals surface area contributed by atoms with Gasteiger partial charge in [0, 0.05) is 29.0 Å². The summed E-state index contributed by atoms with van der Waals surface area (Å²) in [5.41, 5.74) is 0.934. The van der Waals surface area contributed by atoms with Gasteiger partial charge in [0.25, 0.3) is 0 Å². The van der Waals surface area contributed by atoms with Crippen LogP contribution in [-0.4, -0.2) is 36.1 Å². The van der Waals surface area contributed by atoms with Gasteiger partial charge in [0.2, 0.25) is 0 Å². The second-order valence-electron chi connectivity index (χ2n) is 6.34. The van der Waals surface area contributed by atoms with Gasteiger partial charge in [-0.2, -0.15) is 0 Å². The molecule has 1 aliphatic carbocycles. The third-order valence-electron chi connectivity index (χ3n) is 5.04. The minimum Gasteiger partial charge on any atom is -0.300 e. The van der Waals surface area contributed by atoms with Gasteiger partial charge >= 0.3 is 0 Å². The monoisotopic (exact) mass is 303 g/mol. The molecule has 3 heteroatoms. The average Bonchev–Trinajstić information content (AvgIpc) is 3.09. The highest BCUT2D eigenvalue weighted by Gasteiger charge is 2.31. The Morgan fingerprint density at radius 1 is 1.14 bits per heavy atom. The molecule has 114 valence electrons. The van der Waals surface area contributed by atoms with Crippen LogP contribution in [0.5, 0.6) is 0 Å². The Hall–Kier alpha value is -0.800. The molecule has 0 amide bonds. The second-order valence-corrected chi connectivity index (χ2v) is 7.18.